The Labute approximate surface area is 96.6 Å². The first kappa shape index (κ1) is 14.8. The van der Waals surface area contributed by atoms with Crippen LogP contribution in [0.15, 0.2) is 0 Å². The van der Waals surface area contributed by atoms with Crippen molar-refractivity contribution >= 4 is 11.4 Å². The molecule has 0 rings (SSSR count). The second-order valence-corrected chi connectivity index (χ2v) is 7.94. The Kier molecular flexibility index (Phi) is 5.12. The maximum atomic E-state index is 11.8. The lowest BCUT2D eigenvalue weighted by Crippen LogP contribution is -2.45. The van der Waals surface area contributed by atoms with E-state index in [0.29, 0.717) is 6.42 Å². The highest BCUT2D eigenvalue weighted by atomic mass is 32.2. The zero-order valence-electron chi connectivity index (χ0n) is 10.5. The van der Waals surface area contributed by atoms with Gasteiger partial charge in [-0.1, -0.05) is 20.8 Å². The van der Waals surface area contributed by atoms with E-state index in [1.807, 2.05) is 20.8 Å². The average molecular weight is 230 g/mol. The molecule has 0 aromatic heterocycles. The van der Waals surface area contributed by atoms with E-state index in [0.717, 1.165) is 0 Å². The molecule has 0 aliphatic heterocycles. The van der Waals surface area contributed by atoms with Crippen molar-refractivity contribution in [3.05, 3.63) is 0 Å². The van der Waals surface area contributed by atoms with Gasteiger partial charge in [0.25, 0.3) is 0 Å². The van der Waals surface area contributed by atoms with Gasteiger partial charge in [-0.05, 0) is 32.6 Å². The summed E-state index contributed by atoms with van der Waals surface area (Å²) in [5, 5.41) is 8.96. The normalized spacial score (nSPS) is 16.9. The van der Waals surface area contributed by atoms with E-state index in [9.17, 15) is 4.55 Å². The SMILES string of the molecule is CC(C)(C)CC(C#N)N[S+]([O-])C(C)(C)C. The summed E-state index contributed by atoms with van der Waals surface area (Å²) in [6, 6.07) is 1.81. The molecule has 0 aliphatic carbocycles. The van der Waals surface area contributed by atoms with E-state index < -0.39 is 11.4 Å². The number of nitriles is 1. The fourth-order valence-electron chi connectivity index (χ4n) is 1.03. The minimum absolute atomic E-state index is 0.0650. The molecular formula is C11H22N2OS. The topological polar surface area (TPSA) is 58.9 Å². The maximum absolute atomic E-state index is 11.8. The zero-order chi connectivity index (χ0) is 12.3. The Bertz CT molecular complexity index is 234. The highest BCUT2D eigenvalue weighted by molar-refractivity contribution is 7.90. The molecule has 0 aliphatic rings. The van der Waals surface area contributed by atoms with Crippen molar-refractivity contribution in [2.45, 2.75) is 58.8 Å². The largest absolute Gasteiger partial charge is 0.598 e. The lowest BCUT2D eigenvalue weighted by Gasteiger charge is -2.28. The number of rotatable bonds is 3. The molecule has 0 aromatic carbocycles. The molecule has 0 saturated heterocycles. The molecule has 0 amide bonds. The Balaban J connectivity index is 4.31. The van der Waals surface area contributed by atoms with Crippen LogP contribution in [0.4, 0.5) is 0 Å². The minimum Gasteiger partial charge on any atom is -0.598 e. The summed E-state index contributed by atoms with van der Waals surface area (Å²) in [6.07, 6.45) is 0.700. The number of nitrogens with one attached hydrogen (secondary N) is 1. The van der Waals surface area contributed by atoms with Crippen molar-refractivity contribution in [2.24, 2.45) is 5.41 Å². The molecule has 15 heavy (non-hydrogen) atoms. The van der Waals surface area contributed by atoms with Gasteiger partial charge in [0.05, 0.1) is 6.07 Å². The summed E-state index contributed by atoms with van der Waals surface area (Å²) in [4.78, 5) is 0. The molecule has 88 valence electrons. The van der Waals surface area contributed by atoms with Crippen molar-refractivity contribution in [1.82, 2.24) is 4.72 Å². The lowest BCUT2D eigenvalue weighted by molar-refractivity contribution is 0.352. The van der Waals surface area contributed by atoms with Crippen LogP contribution in [0.2, 0.25) is 0 Å². The van der Waals surface area contributed by atoms with Crippen molar-refractivity contribution in [3.63, 3.8) is 0 Å². The molecule has 0 heterocycles. The standard InChI is InChI=1S/C11H22N2OS/c1-10(2,3)7-9(8-12)13-15(14)11(4,5)6/h9,13H,7H2,1-6H3. The first-order valence-corrected chi connectivity index (χ1v) is 6.29. The molecule has 0 bridgehead atoms. The second kappa shape index (κ2) is 5.20. The van der Waals surface area contributed by atoms with Gasteiger partial charge in [0.15, 0.2) is 0 Å². The summed E-state index contributed by atoms with van der Waals surface area (Å²) >= 11 is -1.17. The van der Waals surface area contributed by atoms with Crippen molar-refractivity contribution in [3.8, 4) is 6.07 Å². The van der Waals surface area contributed by atoms with E-state index in [-0.39, 0.29) is 16.2 Å². The summed E-state index contributed by atoms with van der Waals surface area (Å²) in [6.45, 7) is 11.9. The van der Waals surface area contributed by atoms with Crippen LogP contribution in [0.3, 0.4) is 0 Å². The molecular weight excluding hydrogens is 208 g/mol. The van der Waals surface area contributed by atoms with Gasteiger partial charge in [-0.25, -0.2) is 0 Å². The van der Waals surface area contributed by atoms with E-state index in [4.69, 9.17) is 5.26 Å². The van der Waals surface area contributed by atoms with Crippen LogP contribution in [0.1, 0.15) is 48.0 Å². The predicted molar refractivity (Wildman–Crippen MR) is 64.5 cm³/mol. The average Bonchev–Trinajstić information content (AvgIpc) is 1.98. The molecule has 3 nitrogen and oxygen atoms in total. The van der Waals surface area contributed by atoms with Gasteiger partial charge in [-0.15, -0.1) is 4.72 Å². The summed E-state index contributed by atoms with van der Waals surface area (Å²) in [5.74, 6) is 0. The Morgan fingerprint density at radius 1 is 1.27 bits per heavy atom. The quantitative estimate of drug-likeness (QED) is 0.757. The minimum atomic E-state index is -1.17. The summed E-state index contributed by atoms with van der Waals surface area (Å²) in [7, 11) is 0. The molecule has 0 saturated carbocycles. The highest BCUT2D eigenvalue weighted by Gasteiger charge is 2.30. The van der Waals surface area contributed by atoms with Gasteiger partial charge in [-0.2, -0.15) is 5.26 Å². The van der Waals surface area contributed by atoms with Crippen molar-refractivity contribution in [2.75, 3.05) is 0 Å². The van der Waals surface area contributed by atoms with Gasteiger partial charge in [0.2, 0.25) is 0 Å². The third-order valence-corrected chi connectivity index (χ3v) is 3.39. The summed E-state index contributed by atoms with van der Waals surface area (Å²) in [5.41, 5.74) is 0.0650. The zero-order valence-corrected chi connectivity index (χ0v) is 11.4. The Hall–Kier alpha value is -0.240. The van der Waals surface area contributed by atoms with Crippen LogP contribution >= 0.6 is 0 Å². The maximum Gasteiger partial charge on any atom is 0.139 e. The highest BCUT2D eigenvalue weighted by Crippen LogP contribution is 2.22. The van der Waals surface area contributed by atoms with Gasteiger partial charge >= 0.3 is 0 Å². The Morgan fingerprint density at radius 3 is 2.00 bits per heavy atom. The smallest absolute Gasteiger partial charge is 0.139 e. The monoisotopic (exact) mass is 230 g/mol. The van der Waals surface area contributed by atoms with Crippen molar-refractivity contribution in [1.29, 1.82) is 5.26 Å². The first-order valence-electron chi connectivity index (χ1n) is 5.14. The van der Waals surface area contributed by atoms with E-state index >= 15 is 0 Å². The third kappa shape index (κ3) is 6.77. The van der Waals surface area contributed by atoms with Crippen LogP contribution in [0.5, 0.6) is 0 Å². The van der Waals surface area contributed by atoms with E-state index in [2.05, 4.69) is 31.6 Å². The van der Waals surface area contributed by atoms with Crippen LogP contribution in [0.25, 0.3) is 0 Å². The molecule has 0 aromatic rings. The van der Waals surface area contributed by atoms with E-state index in [1.54, 1.807) is 0 Å². The molecule has 2 atom stereocenters. The molecule has 4 heteroatoms. The van der Waals surface area contributed by atoms with Gasteiger partial charge in [0.1, 0.15) is 10.8 Å². The second-order valence-electron chi connectivity index (χ2n) is 5.95. The van der Waals surface area contributed by atoms with Crippen LogP contribution in [-0.2, 0) is 11.4 Å². The number of hydrogen-bond acceptors (Lipinski definition) is 3. The first-order chi connectivity index (χ1) is 6.56. The van der Waals surface area contributed by atoms with Crippen molar-refractivity contribution < 1.29 is 4.55 Å². The van der Waals surface area contributed by atoms with Crippen LogP contribution in [-0.4, -0.2) is 15.3 Å². The molecule has 0 spiro atoms. The Morgan fingerprint density at radius 2 is 1.73 bits per heavy atom. The molecule has 2 unspecified atom stereocenters. The lowest BCUT2D eigenvalue weighted by atomic mass is 9.89. The van der Waals surface area contributed by atoms with Crippen LogP contribution in [0, 0.1) is 16.7 Å². The third-order valence-electron chi connectivity index (χ3n) is 1.78. The van der Waals surface area contributed by atoms with Gasteiger partial charge in [0, 0.05) is 11.4 Å². The van der Waals surface area contributed by atoms with Gasteiger partial charge in [-0.3, -0.25) is 0 Å². The van der Waals surface area contributed by atoms with Gasteiger partial charge < -0.3 is 4.55 Å². The molecule has 1 N–H and O–H groups in total. The predicted octanol–water partition coefficient (Wildman–Crippen LogP) is 2.37. The number of nitrogens with zero attached hydrogens (tertiary/aromatic N) is 1. The molecule has 0 radical (unpaired) electrons. The fraction of sp³-hybridized carbons (Fsp3) is 0.909. The fourth-order valence-corrected chi connectivity index (χ4v) is 1.78. The summed E-state index contributed by atoms with van der Waals surface area (Å²) < 4.78 is 14.3. The van der Waals surface area contributed by atoms with Crippen LogP contribution < -0.4 is 4.72 Å². The number of hydrogen-bond donors (Lipinski definition) is 1. The van der Waals surface area contributed by atoms with E-state index in [1.165, 1.54) is 0 Å². The molecule has 0 fully saturated rings.